The Morgan fingerprint density at radius 1 is 1.35 bits per heavy atom. The topological polar surface area (TPSA) is 108 Å². The van der Waals surface area contributed by atoms with E-state index in [1.807, 2.05) is 0 Å². The third kappa shape index (κ3) is 2.25. The fourth-order valence-electron chi connectivity index (χ4n) is 2.17. The maximum Gasteiger partial charge on any atom is 0.246 e. The highest BCUT2D eigenvalue weighted by Crippen LogP contribution is 2.28. The molecule has 0 spiro atoms. The van der Waals surface area contributed by atoms with Crippen LogP contribution in [0.3, 0.4) is 0 Å². The van der Waals surface area contributed by atoms with Crippen LogP contribution in [0.2, 0.25) is 0 Å². The average molecular weight is 289 g/mol. The van der Waals surface area contributed by atoms with E-state index in [2.05, 4.69) is 14.3 Å². The Labute approximate surface area is 118 Å². The number of fused-ring (bicyclic) bond motifs is 1. The molecule has 0 saturated carbocycles. The van der Waals surface area contributed by atoms with Gasteiger partial charge in [-0.25, -0.2) is 9.97 Å². The molecule has 0 saturated heterocycles. The van der Waals surface area contributed by atoms with Crippen molar-refractivity contribution in [3.05, 3.63) is 45.6 Å². The number of nitro groups is 1. The largest absolute Gasteiger partial charge is 0.383 e. The Bertz CT molecular complexity index is 749. The minimum atomic E-state index is -0.336. The molecule has 3 rings (SSSR count). The maximum absolute atomic E-state index is 10.7. The number of nitrogen functional groups attached to an aromatic ring is 1. The number of nitrogens with zero attached hydrogens (tertiary/aromatic N) is 4. The summed E-state index contributed by atoms with van der Waals surface area (Å²) in [5, 5.41) is 11.5. The molecule has 0 unspecified atom stereocenters. The van der Waals surface area contributed by atoms with E-state index in [0.717, 1.165) is 21.5 Å². The molecule has 20 heavy (non-hydrogen) atoms. The zero-order valence-electron chi connectivity index (χ0n) is 10.4. The molecule has 2 aromatic rings. The summed E-state index contributed by atoms with van der Waals surface area (Å²) in [6.45, 7) is 0. The van der Waals surface area contributed by atoms with Crippen molar-refractivity contribution in [2.75, 3.05) is 5.73 Å². The van der Waals surface area contributed by atoms with E-state index in [-0.39, 0.29) is 10.6 Å². The predicted octanol–water partition coefficient (Wildman–Crippen LogP) is 2.09. The molecule has 0 bridgehead atoms. The first kappa shape index (κ1) is 12.7. The summed E-state index contributed by atoms with van der Waals surface area (Å²) in [7, 11) is 0. The molecule has 2 heterocycles. The van der Waals surface area contributed by atoms with Gasteiger partial charge in [0.15, 0.2) is 0 Å². The van der Waals surface area contributed by atoms with Crippen molar-refractivity contribution in [3.8, 4) is 0 Å². The number of hydrogen-bond donors (Lipinski definition) is 1. The molecule has 0 amide bonds. The Balaban J connectivity index is 1.90. The molecular weight excluding hydrogens is 278 g/mol. The first-order chi connectivity index (χ1) is 9.65. The van der Waals surface area contributed by atoms with Crippen LogP contribution in [0.15, 0.2) is 29.7 Å². The van der Waals surface area contributed by atoms with E-state index >= 15 is 0 Å². The van der Waals surface area contributed by atoms with Crippen molar-refractivity contribution in [1.29, 1.82) is 0 Å². The highest BCUT2D eigenvalue weighted by atomic mass is 32.1. The van der Waals surface area contributed by atoms with Crippen LogP contribution < -0.4 is 5.73 Å². The third-order valence-electron chi connectivity index (χ3n) is 3.22. The Kier molecular flexibility index (Phi) is 3.15. The Morgan fingerprint density at radius 3 is 2.90 bits per heavy atom. The molecular formula is C12H11N5O2S. The van der Waals surface area contributed by atoms with Gasteiger partial charge in [-0.05, 0) is 18.0 Å². The monoisotopic (exact) mass is 289 g/mol. The predicted molar refractivity (Wildman–Crippen MR) is 75.7 cm³/mol. The summed E-state index contributed by atoms with van der Waals surface area (Å²) in [4.78, 5) is 19.2. The van der Waals surface area contributed by atoms with E-state index in [1.165, 1.54) is 17.9 Å². The molecule has 1 aliphatic carbocycles. The van der Waals surface area contributed by atoms with Crippen LogP contribution in [0.5, 0.6) is 0 Å². The van der Waals surface area contributed by atoms with Gasteiger partial charge in [0.2, 0.25) is 5.70 Å². The van der Waals surface area contributed by atoms with Gasteiger partial charge < -0.3 is 5.73 Å². The van der Waals surface area contributed by atoms with Crippen molar-refractivity contribution < 1.29 is 4.92 Å². The first-order valence-electron chi connectivity index (χ1n) is 6.03. The normalized spacial score (nSPS) is 15.0. The van der Waals surface area contributed by atoms with Crippen molar-refractivity contribution in [1.82, 2.24) is 14.3 Å². The van der Waals surface area contributed by atoms with E-state index < -0.39 is 0 Å². The molecule has 0 atom stereocenters. The smallest absolute Gasteiger partial charge is 0.246 e. The molecule has 0 aromatic carbocycles. The molecule has 1 aliphatic rings. The summed E-state index contributed by atoms with van der Waals surface area (Å²) < 4.78 is 4.37. The number of hydrogen-bond acceptors (Lipinski definition) is 7. The lowest BCUT2D eigenvalue weighted by molar-refractivity contribution is -0.428. The quantitative estimate of drug-likeness (QED) is 0.684. The number of nitrogens with two attached hydrogens (primary N) is 1. The highest BCUT2D eigenvalue weighted by Gasteiger charge is 2.18. The van der Waals surface area contributed by atoms with Gasteiger partial charge in [0.05, 0.1) is 16.0 Å². The van der Waals surface area contributed by atoms with Crippen LogP contribution in [-0.2, 0) is 6.42 Å². The second-order valence-corrected chi connectivity index (χ2v) is 5.24. The standard InChI is InChI=1S/C12H11N5O2S/c13-11-10-9(16-20-12(10)15-6-14-11)5-7-1-3-8(4-2-7)17(18)19/h1,3,6H,2,4-5H2,(H2,13,14,15). The maximum atomic E-state index is 10.7. The Morgan fingerprint density at radius 2 is 2.20 bits per heavy atom. The van der Waals surface area contributed by atoms with E-state index in [9.17, 15) is 10.1 Å². The lowest BCUT2D eigenvalue weighted by Crippen LogP contribution is -2.04. The van der Waals surface area contributed by atoms with Crippen LogP contribution in [0, 0.1) is 10.1 Å². The lowest BCUT2D eigenvalue weighted by atomic mass is 9.98. The molecule has 2 N–H and O–H groups in total. The fraction of sp³-hybridized carbons (Fsp3) is 0.250. The van der Waals surface area contributed by atoms with Gasteiger partial charge in [-0.1, -0.05) is 11.6 Å². The van der Waals surface area contributed by atoms with Crippen molar-refractivity contribution in [3.63, 3.8) is 0 Å². The fourth-order valence-corrected chi connectivity index (χ4v) is 2.93. The van der Waals surface area contributed by atoms with E-state index in [4.69, 9.17) is 5.73 Å². The minimum Gasteiger partial charge on any atom is -0.383 e. The van der Waals surface area contributed by atoms with Crippen molar-refractivity contribution >= 4 is 27.6 Å². The number of aromatic nitrogens is 3. The molecule has 8 heteroatoms. The SMILES string of the molecule is Nc1ncnc2snc(CC3=CC=C([N+](=O)[O-])CC3)c12. The van der Waals surface area contributed by atoms with Gasteiger partial charge in [0.1, 0.15) is 17.0 Å². The summed E-state index contributed by atoms with van der Waals surface area (Å²) in [5.74, 6) is 0.427. The van der Waals surface area contributed by atoms with Gasteiger partial charge in [0, 0.05) is 18.9 Å². The van der Waals surface area contributed by atoms with E-state index in [1.54, 1.807) is 12.2 Å². The van der Waals surface area contributed by atoms with E-state index in [0.29, 0.717) is 25.1 Å². The summed E-state index contributed by atoms with van der Waals surface area (Å²) >= 11 is 1.29. The van der Waals surface area contributed by atoms with Gasteiger partial charge in [0.25, 0.3) is 0 Å². The average Bonchev–Trinajstić information content (AvgIpc) is 2.84. The van der Waals surface area contributed by atoms with Crippen molar-refractivity contribution in [2.45, 2.75) is 19.3 Å². The van der Waals surface area contributed by atoms with Crippen LogP contribution in [0.1, 0.15) is 18.5 Å². The molecule has 102 valence electrons. The number of allylic oxidation sites excluding steroid dienone is 4. The zero-order chi connectivity index (χ0) is 14.1. The minimum absolute atomic E-state index is 0.250. The highest BCUT2D eigenvalue weighted by molar-refractivity contribution is 7.13. The number of anilines is 1. The van der Waals surface area contributed by atoms with Crippen LogP contribution in [0.4, 0.5) is 5.82 Å². The first-order valence-corrected chi connectivity index (χ1v) is 6.80. The lowest BCUT2D eigenvalue weighted by Gasteiger charge is -2.09. The molecule has 0 radical (unpaired) electrons. The molecule has 2 aromatic heterocycles. The van der Waals surface area contributed by atoms with Crippen LogP contribution >= 0.6 is 11.5 Å². The Hall–Kier alpha value is -2.35. The van der Waals surface area contributed by atoms with Crippen LogP contribution in [-0.4, -0.2) is 19.3 Å². The number of rotatable bonds is 3. The van der Waals surface area contributed by atoms with Crippen LogP contribution in [0.25, 0.3) is 10.2 Å². The van der Waals surface area contributed by atoms with Gasteiger partial charge in [-0.2, -0.15) is 4.37 Å². The molecule has 7 nitrogen and oxygen atoms in total. The third-order valence-corrected chi connectivity index (χ3v) is 4.01. The summed E-state index contributed by atoms with van der Waals surface area (Å²) in [6, 6.07) is 0. The molecule has 0 fully saturated rings. The van der Waals surface area contributed by atoms with Gasteiger partial charge >= 0.3 is 0 Å². The van der Waals surface area contributed by atoms with Gasteiger partial charge in [-0.3, -0.25) is 10.1 Å². The second-order valence-electron chi connectivity index (χ2n) is 4.49. The zero-order valence-corrected chi connectivity index (χ0v) is 11.3. The summed E-state index contributed by atoms with van der Waals surface area (Å²) in [5.41, 5.74) is 8.06. The van der Waals surface area contributed by atoms with Gasteiger partial charge in [-0.15, -0.1) is 0 Å². The van der Waals surface area contributed by atoms with Crippen molar-refractivity contribution in [2.24, 2.45) is 0 Å². The summed E-state index contributed by atoms with van der Waals surface area (Å²) in [6.07, 6.45) is 6.52. The molecule has 0 aliphatic heterocycles. The second kappa shape index (κ2) is 4.97.